The maximum absolute atomic E-state index is 13.8. The van der Waals surface area contributed by atoms with Gasteiger partial charge in [-0.1, -0.05) is 6.92 Å². The minimum atomic E-state index is -1.17. The van der Waals surface area contributed by atoms with E-state index in [1.165, 1.54) is 15.9 Å². The van der Waals surface area contributed by atoms with Crippen LogP contribution >= 0.6 is 0 Å². The van der Waals surface area contributed by atoms with E-state index in [0.717, 1.165) is 12.1 Å². The van der Waals surface area contributed by atoms with Gasteiger partial charge >= 0.3 is 5.97 Å². The molecule has 7 nitrogen and oxygen atoms in total. The minimum absolute atomic E-state index is 0.0496. The van der Waals surface area contributed by atoms with Crippen LogP contribution in [-0.4, -0.2) is 58.9 Å². The van der Waals surface area contributed by atoms with E-state index in [9.17, 15) is 23.2 Å². The Bertz CT molecular complexity index is 932. The number of hydrogen-bond donors (Lipinski definition) is 1. The van der Waals surface area contributed by atoms with Crippen molar-refractivity contribution in [2.24, 2.45) is 0 Å². The number of furan rings is 1. The maximum Gasteiger partial charge on any atom is 0.339 e. The highest BCUT2D eigenvalue weighted by molar-refractivity contribution is 5.97. The van der Waals surface area contributed by atoms with Gasteiger partial charge in [-0.15, -0.1) is 0 Å². The van der Waals surface area contributed by atoms with Crippen molar-refractivity contribution in [2.45, 2.75) is 13.3 Å². The molecule has 3 rings (SSSR count). The summed E-state index contributed by atoms with van der Waals surface area (Å²) in [5, 5.41) is 9.16. The summed E-state index contributed by atoms with van der Waals surface area (Å²) < 4.78 is 32.2. The average Bonchev–Trinajstić information content (AvgIpc) is 3.12. The number of halogens is 2. The van der Waals surface area contributed by atoms with Gasteiger partial charge in [0.15, 0.2) is 5.76 Å². The summed E-state index contributed by atoms with van der Waals surface area (Å²) in [4.78, 5) is 39.0. The smallest absolute Gasteiger partial charge is 0.339 e. The van der Waals surface area contributed by atoms with Gasteiger partial charge in [0.1, 0.15) is 23.0 Å². The van der Waals surface area contributed by atoms with Crippen molar-refractivity contribution in [1.29, 1.82) is 0 Å². The van der Waals surface area contributed by atoms with Gasteiger partial charge in [-0.25, -0.2) is 13.6 Å². The van der Waals surface area contributed by atoms with Gasteiger partial charge in [0.2, 0.25) is 0 Å². The molecule has 28 heavy (non-hydrogen) atoms. The van der Waals surface area contributed by atoms with Crippen molar-refractivity contribution in [3.05, 3.63) is 58.5 Å². The molecule has 2 amide bonds. The minimum Gasteiger partial charge on any atom is -0.478 e. The van der Waals surface area contributed by atoms with E-state index >= 15 is 0 Å². The van der Waals surface area contributed by atoms with Crippen LogP contribution < -0.4 is 0 Å². The first-order valence-electron chi connectivity index (χ1n) is 8.71. The quantitative estimate of drug-likeness (QED) is 0.863. The Kier molecular flexibility index (Phi) is 5.43. The molecule has 148 valence electrons. The summed E-state index contributed by atoms with van der Waals surface area (Å²) in [6, 6.07) is 3.95. The Balaban J connectivity index is 1.67. The monoisotopic (exact) mass is 392 g/mol. The molecule has 2 heterocycles. The van der Waals surface area contributed by atoms with E-state index in [-0.39, 0.29) is 48.8 Å². The van der Waals surface area contributed by atoms with Crippen LogP contribution in [0, 0.1) is 11.6 Å². The molecule has 1 aliphatic heterocycles. The van der Waals surface area contributed by atoms with E-state index in [4.69, 9.17) is 9.52 Å². The van der Waals surface area contributed by atoms with Crippen LogP contribution in [0.1, 0.15) is 44.0 Å². The van der Waals surface area contributed by atoms with Crippen LogP contribution in [0.2, 0.25) is 0 Å². The molecular weight excluding hydrogens is 374 g/mol. The largest absolute Gasteiger partial charge is 0.478 e. The average molecular weight is 392 g/mol. The van der Waals surface area contributed by atoms with Gasteiger partial charge in [0.05, 0.1) is 5.56 Å². The molecule has 1 aromatic heterocycles. The lowest BCUT2D eigenvalue weighted by Gasteiger charge is -2.34. The van der Waals surface area contributed by atoms with Crippen molar-refractivity contribution in [1.82, 2.24) is 9.80 Å². The Morgan fingerprint density at radius 1 is 1.00 bits per heavy atom. The second-order valence-corrected chi connectivity index (χ2v) is 6.31. The first kappa shape index (κ1) is 19.5. The zero-order valence-electron chi connectivity index (χ0n) is 15.1. The summed E-state index contributed by atoms with van der Waals surface area (Å²) in [6.07, 6.45) is 0.334. The van der Waals surface area contributed by atoms with Crippen molar-refractivity contribution >= 4 is 17.8 Å². The molecule has 0 aliphatic carbocycles. The second-order valence-electron chi connectivity index (χ2n) is 6.31. The zero-order valence-corrected chi connectivity index (χ0v) is 15.1. The normalized spacial score (nSPS) is 14.2. The summed E-state index contributed by atoms with van der Waals surface area (Å²) in [5.74, 6) is -3.78. The van der Waals surface area contributed by atoms with Crippen LogP contribution in [0.5, 0.6) is 0 Å². The van der Waals surface area contributed by atoms with Gasteiger partial charge in [-0.2, -0.15) is 0 Å². The molecule has 1 aliphatic rings. The molecule has 2 aromatic rings. The highest BCUT2D eigenvalue weighted by atomic mass is 19.1. The topological polar surface area (TPSA) is 91.1 Å². The molecule has 1 N–H and O–H groups in total. The molecule has 1 saturated heterocycles. The molecule has 0 saturated carbocycles. The number of benzene rings is 1. The number of carboxylic acid groups (broad SMARTS) is 1. The molecule has 0 spiro atoms. The standard InChI is InChI=1S/C19H18F2N2O5/c1-2-15-13(19(26)27)10-16(28-15)18(25)23-7-5-22(6-8-23)17(24)12-4-3-11(20)9-14(12)21/h3-4,9-10H,2,5-8H2,1H3,(H,26,27). The van der Waals surface area contributed by atoms with Crippen LogP contribution in [0.15, 0.2) is 28.7 Å². The fraction of sp³-hybridized carbons (Fsp3) is 0.316. The van der Waals surface area contributed by atoms with Gasteiger partial charge in [-0.3, -0.25) is 9.59 Å². The third kappa shape index (κ3) is 3.73. The number of carboxylic acids is 1. The molecule has 0 unspecified atom stereocenters. The van der Waals surface area contributed by atoms with Gasteiger partial charge < -0.3 is 19.3 Å². The predicted octanol–water partition coefficient (Wildman–Crippen LogP) is 2.42. The number of amides is 2. The van der Waals surface area contributed by atoms with E-state index in [1.54, 1.807) is 6.92 Å². The number of piperazine rings is 1. The third-order valence-electron chi connectivity index (χ3n) is 4.59. The van der Waals surface area contributed by atoms with E-state index in [2.05, 4.69) is 0 Å². The second kappa shape index (κ2) is 7.79. The van der Waals surface area contributed by atoms with E-state index < -0.39 is 29.4 Å². The van der Waals surface area contributed by atoms with Crippen molar-refractivity contribution in [2.75, 3.05) is 26.2 Å². The fourth-order valence-electron chi connectivity index (χ4n) is 3.08. The van der Waals surface area contributed by atoms with Crippen molar-refractivity contribution in [3.63, 3.8) is 0 Å². The van der Waals surface area contributed by atoms with Crippen LogP contribution in [0.3, 0.4) is 0 Å². The molecule has 0 radical (unpaired) electrons. The highest BCUT2D eigenvalue weighted by Crippen LogP contribution is 2.20. The molecule has 1 aromatic carbocycles. The lowest BCUT2D eigenvalue weighted by molar-refractivity contribution is 0.0514. The summed E-state index contributed by atoms with van der Waals surface area (Å²) in [5.41, 5.74) is -0.280. The number of hydrogen-bond acceptors (Lipinski definition) is 4. The first-order chi connectivity index (χ1) is 13.3. The molecular formula is C19H18F2N2O5. The number of aromatic carboxylic acids is 1. The summed E-state index contributed by atoms with van der Waals surface area (Å²) >= 11 is 0. The Morgan fingerprint density at radius 2 is 1.61 bits per heavy atom. The Labute approximate surface area is 159 Å². The predicted molar refractivity (Wildman–Crippen MR) is 93.2 cm³/mol. The summed E-state index contributed by atoms with van der Waals surface area (Å²) in [7, 11) is 0. The lowest BCUT2D eigenvalue weighted by atomic mass is 10.1. The molecule has 0 bridgehead atoms. The maximum atomic E-state index is 13.8. The van der Waals surface area contributed by atoms with E-state index in [0.29, 0.717) is 12.5 Å². The van der Waals surface area contributed by atoms with Crippen LogP contribution in [0.25, 0.3) is 0 Å². The molecule has 1 fully saturated rings. The third-order valence-corrected chi connectivity index (χ3v) is 4.59. The number of aryl methyl sites for hydroxylation is 1. The Hall–Kier alpha value is -3.23. The summed E-state index contributed by atoms with van der Waals surface area (Å²) in [6.45, 7) is 2.40. The number of carbonyl (C=O) groups excluding carboxylic acids is 2. The number of nitrogens with zero attached hydrogens (tertiary/aromatic N) is 2. The zero-order chi connectivity index (χ0) is 20.4. The van der Waals surface area contributed by atoms with E-state index in [1.807, 2.05) is 0 Å². The van der Waals surface area contributed by atoms with Crippen LogP contribution in [0.4, 0.5) is 8.78 Å². The molecule has 9 heteroatoms. The van der Waals surface area contributed by atoms with Gasteiger partial charge in [0, 0.05) is 44.7 Å². The lowest BCUT2D eigenvalue weighted by Crippen LogP contribution is -2.50. The SMILES string of the molecule is CCc1oc(C(=O)N2CCN(C(=O)c3ccc(F)cc3F)CC2)cc1C(=O)O. The van der Waals surface area contributed by atoms with Crippen molar-refractivity contribution < 1.29 is 32.7 Å². The van der Waals surface area contributed by atoms with Crippen LogP contribution in [-0.2, 0) is 6.42 Å². The fourth-order valence-corrected chi connectivity index (χ4v) is 3.08. The first-order valence-corrected chi connectivity index (χ1v) is 8.71. The van der Waals surface area contributed by atoms with Gasteiger partial charge in [0.25, 0.3) is 11.8 Å². The Morgan fingerprint density at radius 3 is 2.11 bits per heavy atom. The highest BCUT2D eigenvalue weighted by Gasteiger charge is 2.29. The van der Waals surface area contributed by atoms with Crippen molar-refractivity contribution in [3.8, 4) is 0 Å². The van der Waals surface area contributed by atoms with Gasteiger partial charge in [-0.05, 0) is 12.1 Å². The number of rotatable bonds is 4. The number of carbonyl (C=O) groups is 3. The molecule has 0 atom stereocenters.